The molecular formula is C17H27BrN5O6P. The summed E-state index contributed by atoms with van der Waals surface area (Å²) in [4.78, 5) is 22.6. The van der Waals surface area contributed by atoms with Crippen molar-refractivity contribution < 1.29 is 28.2 Å². The van der Waals surface area contributed by atoms with Crippen LogP contribution >= 0.6 is 23.5 Å². The zero-order chi connectivity index (χ0) is 22.3. The lowest BCUT2D eigenvalue weighted by Crippen LogP contribution is -2.11. The first-order valence-corrected chi connectivity index (χ1v) is 11.8. The van der Waals surface area contributed by atoms with E-state index in [0.717, 1.165) is 0 Å². The number of hydrogen-bond acceptors (Lipinski definition) is 9. The highest BCUT2D eigenvalue weighted by Gasteiger charge is 2.23. The Kier molecular flexibility index (Phi) is 9.20. The Morgan fingerprint density at radius 1 is 1.37 bits per heavy atom. The van der Waals surface area contributed by atoms with E-state index in [4.69, 9.17) is 24.5 Å². The van der Waals surface area contributed by atoms with Crippen LogP contribution in [0.15, 0.2) is 16.9 Å². The Labute approximate surface area is 183 Å². The van der Waals surface area contributed by atoms with Crippen molar-refractivity contribution in [2.24, 2.45) is 0 Å². The molecule has 0 aliphatic carbocycles. The van der Waals surface area contributed by atoms with Crippen LogP contribution in [0.5, 0.6) is 6.01 Å². The summed E-state index contributed by atoms with van der Waals surface area (Å²) in [5.74, 6) is 0.178. The molecule has 2 unspecified atom stereocenters. The van der Waals surface area contributed by atoms with E-state index in [1.165, 1.54) is 0 Å². The first kappa shape index (κ1) is 24.7. The van der Waals surface area contributed by atoms with Crippen molar-refractivity contribution in [3.8, 4) is 6.01 Å². The van der Waals surface area contributed by atoms with E-state index in [2.05, 4.69) is 37.5 Å². The molecule has 0 saturated carbocycles. The number of nitrogens with zero attached hydrogens (tertiary/aromatic N) is 4. The summed E-state index contributed by atoms with van der Waals surface area (Å²) in [6.07, 6.45) is -0.123. The summed E-state index contributed by atoms with van der Waals surface area (Å²) < 4.78 is 35.0. The van der Waals surface area contributed by atoms with Gasteiger partial charge in [0.2, 0.25) is 0 Å². The van der Waals surface area contributed by atoms with Gasteiger partial charge in [-0.3, -0.25) is 9.13 Å². The zero-order valence-corrected chi connectivity index (χ0v) is 19.7. The molecule has 13 heteroatoms. The first-order valence-electron chi connectivity index (χ1n) is 9.22. The molecule has 0 saturated heterocycles. The lowest BCUT2D eigenvalue weighted by atomic mass is 10.3. The predicted molar refractivity (Wildman–Crippen MR) is 115 cm³/mol. The zero-order valence-electron chi connectivity index (χ0n) is 17.2. The summed E-state index contributed by atoms with van der Waals surface area (Å²) in [7, 11) is -2.26. The summed E-state index contributed by atoms with van der Waals surface area (Å²) >= 11 is 3.38. The molecule has 2 atom stereocenters. The fraction of sp³-hybridized carbons (Fsp3) is 0.588. The number of imidazole rings is 1. The van der Waals surface area contributed by atoms with Gasteiger partial charge in [-0.2, -0.15) is 9.97 Å². The number of aromatic nitrogens is 4. The van der Waals surface area contributed by atoms with E-state index >= 15 is 0 Å². The van der Waals surface area contributed by atoms with Gasteiger partial charge in [0.1, 0.15) is 13.0 Å². The molecule has 11 nitrogen and oxygen atoms in total. The van der Waals surface area contributed by atoms with E-state index < -0.39 is 13.9 Å². The second-order valence-corrected chi connectivity index (χ2v) is 9.01. The fourth-order valence-electron chi connectivity index (χ4n) is 2.36. The normalized spacial score (nSPS) is 14.6. The molecule has 3 N–H and O–H groups in total. The minimum Gasteiger partial charge on any atom is -0.461 e. The van der Waals surface area contributed by atoms with Gasteiger partial charge in [-0.05, 0) is 34.8 Å². The van der Waals surface area contributed by atoms with Crippen molar-refractivity contribution in [2.45, 2.75) is 32.9 Å². The molecule has 2 heterocycles. The molecule has 0 spiro atoms. The third kappa shape index (κ3) is 7.00. The standard InChI is InChI=1S/C17H27BrN5O6P/c1-5-12(3)29-30(24,25)10-27-9-11(2)8-23-15-13(20-16(23)18)14(19)21-17(22-15)28-7-6-26-4/h12H,2,5-10H2,1,3-4H3,(H,24,25)(H2,19,21,22). The van der Waals surface area contributed by atoms with Crippen LogP contribution in [0, 0.1) is 0 Å². The van der Waals surface area contributed by atoms with Crippen LogP contribution in [0.25, 0.3) is 11.2 Å². The van der Waals surface area contributed by atoms with Crippen molar-refractivity contribution in [1.29, 1.82) is 0 Å². The van der Waals surface area contributed by atoms with Crippen LogP contribution in [-0.4, -0.2) is 63.8 Å². The van der Waals surface area contributed by atoms with Crippen LogP contribution in [0.1, 0.15) is 20.3 Å². The number of hydrogen-bond donors (Lipinski definition) is 2. The van der Waals surface area contributed by atoms with E-state index in [1.54, 1.807) is 18.6 Å². The molecule has 0 aromatic carbocycles. The lowest BCUT2D eigenvalue weighted by molar-refractivity contribution is 0.135. The Balaban J connectivity index is 2.04. The highest BCUT2D eigenvalue weighted by molar-refractivity contribution is 9.10. The second-order valence-electron chi connectivity index (χ2n) is 6.56. The van der Waals surface area contributed by atoms with E-state index in [1.807, 2.05) is 6.92 Å². The van der Waals surface area contributed by atoms with Gasteiger partial charge in [-0.15, -0.1) is 0 Å². The maximum atomic E-state index is 12.0. The summed E-state index contributed by atoms with van der Waals surface area (Å²) in [6.45, 7) is 8.54. The number of anilines is 1. The molecule has 30 heavy (non-hydrogen) atoms. The number of ether oxygens (including phenoxy) is 3. The number of fused-ring (bicyclic) bond motifs is 1. The highest BCUT2D eigenvalue weighted by atomic mass is 79.9. The molecule has 2 rings (SSSR count). The van der Waals surface area contributed by atoms with Gasteiger partial charge < -0.3 is 29.4 Å². The minimum atomic E-state index is -3.82. The lowest BCUT2D eigenvalue weighted by Gasteiger charge is -2.17. The molecule has 0 fully saturated rings. The van der Waals surface area contributed by atoms with Crippen molar-refractivity contribution >= 4 is 40.5 Å². The molecule has 168 valence electrons. The first-order chi connectivity index (χ1) is 14.2. The Hall–Kier alpha value is -1.56. The molecule has 0 amide bonds. The largest absolute Gasteiger partial charge is 0.461 e. The average molecular weight is 508 g/mol. The van der Waals surface area contributed by atoms with Gasteiger partial charge >= 0.3 is 13.6 Å². The Bertz CT molecular complexity index is 924. The van der Waals surface area contributed by atoms with Crippen LogP contribution < -0.4 is 10.5 Å². The number of nitrogen functional groups attached to an aromatic ring is 1. The number of nitrogens with two attached hydrogens (primary N) is 1. The van der Waals surface area contributed by atoms with Crippen LogP contribution in [0.2, 0.25) is 0 Å². The van der Waals surface area contributed by atoms with Crippen LogP contribution in [0.3, 0.4) is 0 Å². The maximum Gasteiger partial charge on any atom is 0.353 e. The number of rotatable bonds is 13. The fourth-order valence-corrected chi connectivity index (χ4v) is 3.92. The van der Waals surface area contributed by atoms with Crippen molar-refractivity contribution in [2.75, 3.05) is 39.0 Å². The maximum absolute atomic E-state index is 12.0. The van der Waals surface area contributed by atoms with Gasteiger partial charge in [0, 0.05) is 13.7 Å². The quantitative estimate of drug-likeness (QED) is 0.179. The molecule has 0 aliphatic rings. The smallest absolute Gasteiger partial charge is 0.353 e. The minimum absolute atomic E-state index is 0.0539. The monoisotopic (exact) mass is 507 g/mol. The molecule has 0 bridgehead atoms. The van der Waals surface area contributed by atoms with Gasteiger partial charge in [-0.25, -0.2) is 4.98 Å². The average Bonchev–Trinajstić information content (AvgIpc) is 2.97. The van der Waals surface area contributed by atoms with Crippen LogP contribution in [-0.2, 0) is 25.1 Å². The summed E-state index contributed by atoms with van der Waals surface area (Å²) in [5, 5.41) is 0. The Morgan fingerprint density at radius 3 is 2.77 bits per heavy atom. The van der Waals surface area contributed by atoms with Crippen molar-refractivity contribution in [3.63, 3.8) is 0 Å². The van der Waals surface area contributed by atoms with Gasteiger partial charge in [-0.1, -0.05) is 13.5 Å². The topological polar surface area (TPSA) is 144 Å². The Morgan fingerprint density at radius 2 is 2.10 bits per heavy atom. The molecule has 0 aliphatic heterocycles. The van der Waals surface area contributed by atoms with Crippen molar-refractivity contribution in [1.82, 2.24) is 19.5 Å². The summed E-state index contributed by atoms with van der Waals surface area (Å²) in [6, 6.07) is 0.107. The van der Waals surface area contributed by atoms with Gasteiger partial charge in [0.15, 0.2) is 21.7 Å². The second kappa shape index (κ2) is 11.2. The van der Waals surface area contributed by atoms with Gasteiger partial charge in [0.05, 0.1) is 19.3 Å². The van der Waals surface area contributed by atoms with Crippen LogP contribution in [0.4, 0.5) is 5.82 Å². The van der Waals surface area contributed by atoms with E-state index in [-0.39, 0.29) is 37.7 Å². The summed E-state index contributed by atoms with van der Waals surface area (Å²) in [5.41, 5.74) is 7.47. The molecule has 2 aromatic heterocycles. The third-order valence-electron chi connectivity index (χ3n) is 3.94. The number of methoxy groups -OCH3 is 1. The predicted octanol–water partition coefficient (Wildman–Crippen LogP) is 2.73. The number of halogens is 1. The molecular weight excluding hydrogens is 481 g/mol. The molecule has 2 aromatic rings. The van der Waals surface area contributed by atoms with Gasteiger partial charge in [0.25, 0.3) is 0 Å². The van der Waals surface area contributed by atoms with Crippen molar-refractivity contribution in [3.05, 3.63) is 16.9 Å². The molecule has 0 radical (unpaired) electrons. The highest BCUT2D eigenvalue weighted by Crippen LogP contribution is 2.43. The van der Waals surface area contributed by atoms with E-state index in [9.17, 15) is 9.46 Å². The SMILES string of the molecule is C=C(COCP(=O)(O)OC(C)CC)Cn1c(Br)nc2c(N)nc(OCCOC)nc21. The van der Waals surface area contributed by atoms with E-state index in [0.29, 0.717) is 34.5 Å². The third-order valence-corrected chi connectivity index (χ3v) is 5.74.